The summed E-state index contributed by atoms with van der Waals surface area (Å²) in [5.74, 6) is 1.26. The van der Waals surface area contributed by atoms with E-state index in [-0.39, 0.29) is 31.3 Å². The maximum Gasteiger partial charge on any atom is 0.253 e. The number of amides is 1. The molecular weight excluding hydrogens is 536 g/mol. The van der Waals surface area contributed by atoms with E-state index in [1.165, 1.54) is 0 Å². The number of benzene rings is 3. The Bertz CT molecular complexity index is 1420. The van der Waals surface area contributed by atoms with Crippen LogP contribution in [-0.2, 0) is 22.6 Å². The lowest BCUT2D eigenvalue weighted by molar-refractivity contribution is -0.245. The molecule has 1 amide bonds. The zero-order valence-electron chi connectivity index (χ0n) is 22.7. The predicted molar refractivity (Wildman–Crippen MR) is 160 cm³/mol. The number of pyridine rings is 1. The average molecular weight is 571 g/mol. The van der Waals surface area contributed by atoms with E-state index >= 15 is 0 Å². The molecule has 0 spiro atoms. The first-order chi connectivity index (χ1) is 20.1. The second-order valence-corrected chi connectivity index (χ2v) is 11.0. The summed E-state index contributed by atoms with van der Waals surface area (Å²) < 4.78 is 12.9. The summed E-state index contributed by atoms with van der Waals surface area (Å²) in [6.07, 6.45) is 3.16. The zero-order valence-corrected chi connectivity index (χ0v) is 23.5. The predicted octanol–water partition coefficient (Wildman–Crippen LogP) is 5.44. The highest BCUT2D eigenvalue weighted by Crippen LogP contribution is 2.39. The van der Waals surface area contributed by atoms with E-state index in [1.54, 1.807) is 36.3 Å². The van der Waals surface area contributed by atoms with Crippen LogP contribution in [0.5, 0.6) is 0 Å². The van der Waals surface area contributed by atoms with Gasteiger partial charge in [0.1, 0.15) is 0 Å². The Kier molecular flexibility index (Phi) is 10.2. The Morgan fingerprint density at radius 3 is 2.46 bits per heavy atom. The number of rotatable bonds is 11. The number of hydrogen-bond donors (Lipinski definition) is 3. The SMILES string of the molecule is O=C(NCc1cccc(-c2cccc([C@H]3O[C@@H](CSCCO)C[C@@H](c4ccc(CO)cc4)O3)c2)c1)c1cccnc1. The molecule has 7 nitrogen and oxygen atoms in total. The normalized spacial score (nSPS) is 18.6. The zero-order chi connectivity index (χ0) is 28.4. The fraction of sp³-hybridized carbons (Fsp3) is 0.273. The molecule has 0 bridgehead atoms. The second-order valence-electron chi connectivity index (χ2n) is 9.90. The van der Waals surface area contributed by atoms with Crippen molar-refractivity contribution in [3.8, 4) is 11.1 Å². The topological polar surface area (TPSA) is 101 Å². The molecule has 3 N–H and O–H groups in total. The third-order valence-corrected chi connectivity index (χ3v) is 8.03. The lowest BCUT2D eigenvalue weighted by atomic mass is 9.99. The number of carbonyl (C=O) groups excluding carboxylic acids is 1. The van der Waals surface area contributed by atoms with Crippen LogP contribution in [0.3, 0.4) is 0 Å². The highest BCUT2D eigenvalue weighted by molar-refractivity contribution is 7.99. The minimum absolute atomic E-state index is 0.00281. The molecule has 2 heterocycles. The maximum atomic E-state index is 12.5. The first-order valence-electron chi connectivity index (χ1n) is 13.7. The summed E-state index contributed by atoms with van der Waals surface area (Å²) >= 11 is 1.67. The van der Waals surface area contributed by atoms with Gasteiger partial charge in [-0.1, -0.05) is 60.7 Å². The van der Waals surface area contributed by atoms with Crippen LogP contribution in [0.2, 0.25) is 0 Å². The molecule has 1 saturated heterocycles. The van der Waals surface area contributed by atoms with Crippen LogP contribution in [-0.4, -0.2) is 45.3 Å². The van der Waals surface area contributed by atoms with E-state index in [0.29, 0.717) is 24.3 Å². The lowest BCUT2D eigenvalue weighted by Gasteiger charge is -2.36. The molecule has 1 fully saturated rings. The average Bonchev–Trinajstić information content (AvgIpc) is 3.04. The van der Waals surface area contributed by atoms with E-state index < -0.39 is 6.29 Å². The van der Waals surface area contributed by atoms with Crippen LogP contribution in [0.15, 0.2) is 97.3 Å². The first-order valence-corrected chi connectivity index (χ1v) is 14.8. The summed E-state index contributed by atoms with van der Waals surface area (Å²) in [4.78, 5) is 16.5. The number of carbonyl (C=O) groups is 1. The number of nitrogens with zero attached hydrogens (tertiary/aromatic N) is 1. The van der Waals surface area contributed by atoms with Crippen LogP contribution >= 0.6 is 11.8 Å². The molecule has 41 heavy (non-hydrogen) atoms. The Hall–Kier alpha value is -3.53. The Labute approximate surface area is 244 Å². The number of ether oxygens (including phenoxy) is 2. The molecule has 1 aliphatic rings. The summed E-state index contributed by atoms with van der Waals surface area (Å²) in [5, 5.41) is 21.6. The van der Waals surface area contributed by atoms with E-state index in [1.807, 2.05) is 54.6 Å². The Morgan fingerprint density at radius 2 is 1.71 bits per heavy atom. The highest BCUT2D eigenvalue weighted by atomic mass is 32.2. The summed E-state index contributed by atoms with van der Waals surface area (Å²) in [6.45, 7) is 0.542. The van der Waals surface area contributed by atoms with Crippen LogP contribution in [0.25, 0.3) is 11.1 Å². The van der Waals surface area contributed by atoms with Crippen molar-refractivity contribution in [2.24, 2.45) is 0 Å². The number of aliphatic hydroxyl groups excluding tert-OH is 2. The molecule has 0 aliphatic carbocycles. The summed E-state index contributed by atoms with van der Waals surface area (Å²) in [7, 11) is 0. The van der Waals surface area contributed by atoms with Crippen molar-refractivity contribution in [1.82, 2.24) is 10.3 Å². The molecule has 3 aromatic carbocycles. The van der Waals surface area contributed by atoms with Gasteiger partial charge in [-0.15, -0.1) is 0 Å². The van der Waals surface area contributed by atoms with Gasteiger partial charge < -0.3 is 25.0 Å². The third kappa shape index (κ3) is 7.81. The van der Waals surface area contributed by atoms with Gasteiger partial charge in [0, 0.05) is 42.4 Å². The van der Waals surface area contributed by atoms with E-state index in [0.717, 1.165) is 39.1 Å². The Morgan fingerprint density at radius 1 is 0.902 bits per heavy atom. The molecule has 4 aromatic rings. The molecule has 5 rings (SSSR count). The van der Waals surface area contributed by atoms with Crippen molar-refractivity contribution in [2.75, 3.05) is 18.1 Å². The van der Waals surface area contributed by atoms with Gasteiger partial charge in [-0.2, -0.15) is 11.8 Å². The van der Waals surface area contributed by atoms with Crippen LogP contribution < -0.4 is 5.32 Å². The fourth-order valence-electron chi connectivity index (χ4n) is 4.81. The largest absolute Gasteiger partial charge is 0.396 e. The third-order valence-electron chi connectivity index (χ3n) is 6.95. The van der Waals surface area contributed by atoms with E-state index in [2.05, 4.69) is 28.5 Å². The van der Waals surface area contributed by atoms with Gasteiger partial charge in [0.15, 0.2) is 6.29 Å². The molecule has 8 heteroatoms. The van der Waals surface area contributed by atoms with Gasteiger partial charge in [0.2, 0.25) is 0 Å². The smallest absolute Gasteiger partial charge is 0.253 e. The van der Waals surface area contributed by atoms with Crippen LogP contribution in [0, 0.1) is 0 Å². The van der Waals surface area contributed by atoms with Crippen LogP contribution in [0.4, 0.5) is 0 Å². The van der Waals surface area contributed by atoms with Crippen LogP contribution in [0.1, 0.15) is 51.4 Å². The van der Waals surface area contributed by atoms with Gasteiger partial charge in [-0.05, 0) is 52.1 Å². The quantitative estimate of drug-likeness (QED) is 0.206. The Balaban J connectivity index is 1.32. The molecule has 0 radical (unpaired) electrons. The molecule has 212 valence electrons. The van der Waals surface area contributed by atoms with E-state index in [4.69, 9.17) is 9.47 Å². The molecule has 1 aliphatic heterocycles. The monoisotopic (exact) mass is 570 g/mol. The van der Waals surface area contributed by atoms with Gasteiger partial charge in [0.05, 0.1) is 31.0 Å². The molecule has 1 aromatic heterocycles. The van der Waals surface area contributed by atoms with Gasteiger partial charge in [-0.3, -0.25) is 9.78 Å². The maximum absolute atomic E-state index is 12.5. The molecule has 0 saturated carbocycles. The standard InChI is InChI=1S/C33H34N2O5S/c36-14-15-41-22-30-18-31(25-11-9-23(21-37)10-12-25)40-33(39-30)28-7-2-6-27(17-28)26-5-1-4-24(16-26)19-35-32(38)29-8-3-13-34-20-29/h1-13,16-17,20,30-31,33,36-37H,14-15,18-19,21-22H2,(H,35,38)/t30-,31+,33+/m1/s1. The fourth-order valence-corrected chi connectivity index (χ4v) is 5.58. The highest BCUT2D eigenvalue weighted by Gasteiger charge is 2.32. The number of aliphatic hydroxyl groups is 2. The second kappa shape index (κ2) is 14.4. The number of aromatic nitrogens is 1. The first kappa shape index (κ1) is 29.0. The number of hydrogen-bond acceptors (Lipinski definition) is 7. The van der Waals surface area contributed by atoms with Crippen molar-refractivity contribution < 1.29 is 24.5 Å². The minimum Gasteiger partial charge on any atom is -0.396 e. The van der Waals surface area contributed by atoms with E-state index in [9.17, 15) is 15.0 Å². The van der Waals surface area contributed by atoms with Crippen molar-refractivity contribution >= 4 is 17.7 Å². The van der Waals surface area contributed by atoms with Gasteiger partial charge in [-0.25, -0.2) is 0 Å². The molecular formula is C33H34N2O5S. The number of thioether (sulfide) groups is 1. The van der Waals surface area contributed by atoms with Crippen molar-refractivity contribution in [3.63, 3.8) is 0 Å². The van der Waals surface area contributed by atoms with Crippen molar-refractivity contribution in [2.45, 2.75) is 38.1 Å². The molecule has 3 atom stereocenters. The lowest BCUT2D eigenvalue weighted by Crippen LogP contribution is -2.31. The van der Waals surface area contributed by atoms with Gasteiger partial charge in [0.25, 0.3) is 5.91 Å². The van der Waals surface area contributed by atoms with Gasteiger partial charge >= 0.3 is 0 Å². The van der Waals surface area contributed by atoms with Crippen molar-refractivity contribution in [1.29, 1.82) is 0 Å². The van der Waals surface area contributed by atoms with Crippen molar-refractivity contribution in [3.05, 3.63) is 125 Å². The number of nitrogens with one attached hydrogen (secondary N) is 1. The summed E-state index contributed by atoms with van der Waals surface area (Å²) in [6, 6.07) is 27.6. The molecule has 0 unspecified atom stereocenters. The minimum atomic E-state index is -0.548. The summed E-state index contributed by atoms with van der Waals surface area (Å²) in [5.41, 5.74) is 6.40.